The van der Waals surface area contributed by atoms with Crippen molar-refractivity contribution in [1.82, 2.24) is 19.9 Å². The molecule has 4 N–H and O–H groups in total. The van der Waals surface area contributed by atoms with Crippen LogP contribution in [0.1, 0.15) is 12.8 Å². The first-order valence-corrected chi connectivity index (χ1v) is 9.83. The van der Waals surface area contributed by atoms with Crippen LogP contribution in [0.5, 0.6) is 11.5 Å². The van der Waals surface area contributed by atoms with Gasteiger partial charge in [-0.25, -0.2) is 9.78 Å². The van der Waals surface area contributed by atoms with E-state index in [4.69, 9.17) is 9.47 Å². The average Bonchev–Trinajstić information content (AvgIpc) is 3.45. The number of ether oxygens (including phenoxy) is 2. The lowest BCUT2D eigenvalue weighted by molar-refractivity contribution is 0.172. The van der Waals surface area contributed by atoms with Crippen LogP contribution >= 0.6 is 0 Å². The van der Waals surface area contributed by atoms with Crippen molar-refractivity contribution in [1.29, 1.82) is 5.26 Å². The molecule has 1 aliphatic heterocycles. The molecule has 0 radical (unpaired) electrons. The van der Waals surface area contributed by atoms with Crippen LogP contribution in [0.4, 0.5) is 27.8 Å². The second-order valence-electron chi connectivity index (χ2n) is 7.30. The zero-order valence-electron chi connectivity index (χ0n) is 16.7. The van der Waals surface area contributed by atoms with Crippen molar-refractivity contribution >= 4 is 34.7 Å². The highest BCUT2D eigenvalue weighted by atomic mass is 16.6. The minimum absolute atomic E-state index is 0.418. The number of anilines is 4. The van der Waals surface area contributed by atoms with E-state index in [9.17, 15) is 10.1 Å². The minimum Gasteiger partial charge on any atom is -0.486 e. The van der Waals surface area contributed by atoms with Crippen molar-refractivity contribution < 1.29 is 14.3 Å². The number of nitrogens with zero attached hydrogens (tertiary/aromatic N) is 4. The van der Waals surface area contributed by atoms with Crippen molar-refractivity contribution in [2.75, 3.05) is 36.2 Å². The lowest BCUT2D eigenvalue weighted by Crippen LogP contribution is -2.38. The highest BCUT2D eigenvalue weighted by Gasteiger charge is 2.44. The molecule has 2 aromatic heterocycles. The number of aromatic nitrogens is 3. The average molecular weight is 420 g/mol. The maximum atomic E-state index is 12.4. The molecule has 3 aromatic rings. The van der Waals surface area contributed by atoms with Crippen LogP contribution in [-0.2, 0) is 0 Å². The van der Waals surface area contributed by atoms with Gasteiger partial charge in [-0.3, -0.25) is 0 Å². The van der Waals surface area contributed by atoms with E-state index in [2.05, 4.69) is 37.4 Å². The second kappa shape index (κ2) is 7.24. The molecule has 2 amide bonds. The van der Waals surface area contributed by atoms with Crippen molar-refractivity contribution in [3.8, 4) is 17.6 Å². The van der Waals surface area contributed by atoms with Gasteiger partial charge in [-0.1, -0.05) is 6.07 Å². The van der Waals surface area contributed by atoms with Crippen molar-refractivity contribution in [2.45, 2.75) is 18.4 Å². The molecule has 1 fully saturated rings. The summed E-state index contributed by atoms with van der Waals surface area (Å²) in [7, 11) is 1.77. The minimum atomic E-state index is -0.766. The molecule has 0 bridgehead atoms. The number of nitriles is 1. The zero-order chi connectivity index (χ0) is 21.4. The molecular formula is C20H20N8O3. The molecule has 0 unspecified atom stereocenters. The van der Waals surface area contributed by atoms with E-state index < -0.39 is 11.6 Å². The number of para-hydroxylation sites is 1. The number of urea groups is 1. The van der Waals surface area contributed by atoms with E-state index in [-0.39, 0.29) is 0 Å². The van der Waals surface area contributed by atoms with Gasteiger partial charge < -0.3 is 30.7 Å². The largest absolute Gasteiger partial charge is 0.486 e. The summed E-state index contributed by atoms with van der Waals surface area (Å²) >= 11 is 0. The van der Waals surface area contributed by atoms with Gasteiger partial charge in [-0.2, -0.15) is 14.9 Å². The van der Waals surface area contributed by atoms with Crippen LogP contribution in [0.3, 0.4) is 0 Å². The van der Waals surface area contributed by atoms with E-state index >= 15 is 0 Å². The summed E-state index contributed by atoms with van der Waals surface area (Å²) in [4.78, 5) is 17.0. The summed E-state index contributed by atoms with van der Waals surface area (Å²) in [6.07, 6.45) is 2.81. The van der Waals surface area contributed by atoms with Crippen molar-refractivity contribution in [2.24, 2.45) is 0 Å². The van der Waals surface area contributed by atoms with E-state index in [1.54, 1.807) is 17.6 Å². The fourth-order valence-electron chi connectivity index (χ4n) is 3.36. The Morgan fingerprint density at radius 2 is 2.10 bits per heavy atom. The first kappa shape index (κ1) is 18.8. The van der Waals surface area contributed by atoms with Crippen molar-refractivity contribution in [3.05, 3.63) is 30.5 Å². The molecule has 1 aromatic carbocycles. The Kier molecular flexibility index (Phi) is 4.39. The molecule has 0 atom stereocenters. The third kappa shape index (κ3) is 3.48. The number of hydrogen-bond donors (Lipinski definition) is 4. The van der Waals surface area contributed by atoms with Gasteiger partial charge >= 0.3 is 6.03 Å². The van der Waals surface area contributed by atoms with Crippen LogP contribution in [-0.4, -0.2) is 46.4 Å². The smallest absolute Gasteiger partial charge is 0.320 e. The maximum Gasteiger partial charge on any atom is 0.320 e. The topological polar surface area (TPSA) is 138 Å². The number of rotatable bonds is 5. The fraction of sp³-hybridized carbons (Fsp3) is 0.300. The molecule has 2 aliphatic rings. The summed E-state index contributed by atoms with van der Waals surface area (Å²) < 4.78 is 13.0. The number of carbonyl (C=O) groups excluding carboxylic acids is 1. The number of amides is 2. The maximum absolute atomic E-state index is 12.4. The van der Waals surface area contributed by atoms with Crippen LogP contribution < -0.4 is 30.7 Å². The second-order valence-corrected chi connectivity index (χ2v) is 7.30. The monoisotopic (exact) mass is 420 g/mol. The van der Waals surface area contributed by atoms with Gasteiger partial charge in [0.1, 0.15) is 36.1 Å². The van der Waals surface area contributed by atoms with E-state index in [1.165, 1.54) is 6.20 Å². The fourth-order valence-corrected chi connectivity index (χ4v) is 3.36. The number of carbonyl (C=O) groups is 1. The van der Waals surface area contributed by atoms with Gasteiger partial charge in [0, 0.05) is 13.1 Å². The number of benzene rings is 1. The van der Waals surface area contributed by atoms with E-state index in [0.29, 0.717) is 66.2 Å². The molecule has 0 spiro atoms. The summed E-state index contributed by atoms with van der Waals surface area (Å²) in [6, 6.07) is 9.04. The predicted molar refractivity (Wildman–Crippen MR) is 113 cm³/mol. The first-order valence-electron chi connectivity index (χ1n) is 9.83. The number of hydrogen-bond acceptors (Lipinski definition) is 8. The van der Waals surface area contributed by atoms with Crippen LogP contribution in [0.2, 0.25) is 0 Å². The highest BCUT2D eigenvalue weighted by Crippen LogP contribution is 2.39. The standard InChI is InChI=1S/C20H20N8O3/c1-22-16-9-15(24-12-3-2-4-14-17(12)31-8-7-30-14)26-18-13(10-23-28(16)18)25-19(29)27-20(11-21)5-6-20/h2-4,9-10,22H,5-8H2,1H3,(H,24,26)(H2,25,27,29). The van der Waals surface area contributed by atoms with Crippen LogP contribution in [0, 0.1) is 11.3 Å². The van der Waals surface area contributed by atoms with Crippen LogP contribution in [0.25, 0.3) is 5.65 Å². The lowest BCUT2D eigenvalue weighted by Gasteiger charge is -2.21. The SMILES string of the molecule is CNc1cc(Nc2cccc3c2OCCO3)nc2c(NC(=O)NC3(C#N)CC3)cnn12. The third-order valence-electron chi connectivity index (χ3n) is 5.12. The normalized spacial score (nSPS) is 15.6. The lowest BCUT2D eigenvalue weighted by atomic mass is 10.2. The summed E-state index contributed by atoms with van der Waals surface area (Å²) in [6.45, 7) is 0.973. The predicted octanol–water partition coefficient (Wildman–Crippen LogP) is 2.46. The van der Waals surface area contributed by atoms with E-state index in [1.807, 2.05) is 18.2 Å². The molecule has 5 rings (SSSR count). The Hall–Kier alpha value is -4.20. The molecule has 158 valence electrons. The molecule has 11 nitrogen and oxygen atoms in total. The van der Waals surface area contributed by atoms with Crippen LogP contribution in [0.15, 0.2) is 30.5 Å². The third-order valence-corrected chi connectivity index (χ3v) is 5.12. The number of fused-ring (bicyclic) bond motifs is 2. The molecule has 1 aliphatic carbocycles. The highest BCUT2D eigenvalue weighted by molar-refractivity contribution is 5.94. The van der Waals surface area contributed by atoms with Gasteiger partial charge in [-0.15, -0.1) is 0 Å². The Morgan fingerprint density at radius 1 is 1.26 bits per heavy atom. The summed E-state index contributed by atoms with van der Waals surface area (Å²) in [5.41, 5.74) is 0.805. The Balaban J connectivity index is 1.45. The molecule has 3 heterocycles. The molecular weight excluding hydrogens is 400 g/mol. The van der Waals surface area contributed by atoms with Gasteiger partial charge in [-0.05, 0) is 25.0 Å². The molecule has 11 heteroatoms. The molecule has 31 heavy (non-hydrogen) atoms. The Bertz CT molecular complexity index is 1210. The van der Waals surface area contributed by atoms with E-state index in [0.717, 1.165) is 0 Å². The zero-order valence-corrected chi connectivity index (χ0v) is 16.7. The van der Waals surface area contributed by atoms with Gasteiger partial charge in [0.25, 0.3) is 0 Å². The first-order chi connectivity index (χ1) is 15.1. The van der Waals surface area contributed by atoms with Gasteiger partial charge in [0.05, 0.1) is 18.0 Å². The molecule has 1 saturated carbocycles. The summed E-state index contributed by atoms with van der Waals surface area (Å²) in [5, 5.41) is 25.3. The Morgan fingerprint density at radius 3 is 2.87 bits per heavy atom. The number of nitrogens with one attached hydrogen (secondary N) is 4. The quantitative estimate of drug-likeness (QED) is 0.494. The Labute approximate surface area is 177 Å². The molecule has 0 saturated heterocycles. The van der Waals surface area contributed by atoms with Crippen molar-refractivity contribution in [3.63, 3.8) is 0 Å². The summed E-state index contributed by atoms with van der Waals surface area (Å²) in [5.74, 6) is 2.48. The van der Waals surface area contributed by atoms with Gasteiger partial charge in [0.2, 0.25) is 0 Å². The van der Waals surface area contributed by atoms with Gasteiger partial charge in [0.15, 0.2) is 17.1 Å².